The molecule has 4 nitrogen and oxygen atoms in total. The third kappa shape index (κ3) is 1.97. The topological polar surface area (TPSA) is 55.0 Å². The highest BCUT2D eigenvalue weighted by molar-refractivity contribution is 7.15. The molecule has 1 aromatic rings. The predicted molar refractivity (Wildman–Crippen MR) is 61.4 cm³/mol. The van der Waals surface area contributed by atoms with Crippen LogP contribution in [0.3, 0.4) is 0 Å². The average molecular weight is 278 g/mol. The molecule has 2 aliphatic rings. The van der Waals surface area contributed by atoms with Crippen LogP contribution in [0.4, 0.5) is 18.3 Å². The first-order valence-corrected chi connectivity index (χ1v) is 6.71. The van der Waals surface area contributed by atoms with E-state index in [1.807, 2.05) is 4.90 Å². The largest absolute Gasteiger partial charge is 0.445 e. The van der Waals surface area contributed by atoms with Gasteiger partial charge in [0.2, 0.25) is 10.1 Å². The van der Waals surface area contributed by atoms with Gasteiger partial charge in [-0.3, -0.25) is 0 Å². The van der Waals surface area contributed by atoms with Crippen molar-refractivity contribution in [1.82, 2.24) is 10.2 Å². The molecule has 0 radical (unpaired) electrons. The van der Waals surface area contributed by atoms with E-state index in [1.54, 1.807) is 0 Å². The Balaban J connectivity index is 1.86. The Morgan fingerprint density at radius 3 is 2.28 bits per heavy atom. The summed E-state index contributed by atoms with van der Waals surface area (Å²) in [6, 6.07) is 0.620. The van der Waals surface area contributed by atoms with Crippen LogP contribution in [0.5, 0.6) is 0 Å². The minimum atomic E-state index is -4.40. The number of anilines is 1. The van der Waals surface area contributed by atoms with Crippen molar-refractivity contribution in [2.45, 2.75) is 50.0 Å². The van der Waals surface area contributed by atoms with E-state index in [0.29, 0.717) is 16.5 Å². The highest BCUT2D eigenvalue weighted by atomic mass is 32.1. The molecule has 0 aromatic carbocycles. The molecule has 2 N–H and O–H groups in total. The lowest BCUT2D eigenvalue weighted by Gasteiger charge is -2.37. The van der Waals surface area contributed by atoms with Crippen LogP contribution in [-0.4, -0.2) is 28.3 Å². The third-order valence-electron chi connectivity index (χ3n) is 3.65. The van der Waals surface area contributed by atoms with Gasteiger partial charge in [0.1, 0.15) is 0 Å². The number of hydrogen-bond donors (Lipinski definition) is 1. The van der Waals surface area contributed by atoms with Gasteiger partial charge in [-0.15, -0.1) is 10.2 Å². The van der Waals surface area contributed by atoms with Crippen LogP contribution in [0.2, 0.25) is 0 Å². The molecule has 2 fully saturated rings. The van der Waals surface area contributed by atoms with Crippen molar-refractivity contribution in [1.29, 1.82) is 0 Å². The Bertz CT molecular complexity index is 433. The Labute approximate surface area is 106 Å². The number of nitrogens with zero attached hydrogens (tertiary/aromatic N) is 3. The molecule has 3 rings (SSSR count). The third-order valence-corrected chi connectivity index (χ3v) is 4.63. The fourth-order valence-electron chi connectivity index (χ4n) is 2.97. The maximum atomic E-state index is 12.5. The molecule has 0 saturated carbocycles. The van der Waals surface area contributed by atoms with Crippen molar-refractivity contribution in [3.05, 3.63) is 5.01 Å². The van der Waals surface area contributed by atoms with Gasteiger partial charge in [0.15, 0.2) is 0 Å². The number of halogens is 3. The Morgan fingerprint density at radius 1 is 1.17 bits per heavy atom. The summed E-state index contributed by atoms with van der Waals surface area (Å²) in [7, 11) is 0. The summed E-state index contributed by atoms with van der Waals surface area (Å²) in [5.41, 5.74) is 5.93. The summed E-state index contributed by atoms with van der Waals surface area (Å²) in [6.45, 7) is 0. The van der Waals surface area contributed by atoms with E-state index in [-0.39, 0.29) is 18.1 Å². The van der Waals surface area contributed by atoms with Crippen LogP contribution in [0.25, 0.3) is 0 Å². The quantitative estimate of drug-likeness (QED) is 0.854. The smallest absolute Gasteiger partial charge is 0.341 e. The standard InChI is InChI=1S/C10H13F3N4S/c11-10(12,13)8-15-16-9(18-8)17-6-1-2-7(17)4-5(14)3-6/h5-7H,1-4,14H2. The van der Waals surface area contributed by atoms with Gasteiger partial charge in [0.25, 0.3) is 0 Å². The van der Waals surface area contributed by atoms with Gasteiger partial charge in [0.05, 0.1) is 0 Å². The van der Waals surface area contributed by atoms with Crippen LogP contribution in [0.1, 0.15) is 30.7 Å². The molecule has 3 heterocycles. The van der Waals surface area contributed by atoms with E-state index in [2.05, 4.69) is 10.2 Å². The molecule has 2 unspecified atom stereocenters. The average Bonchev–Trinajstić information content (AvgIpc) is 2.81. The molecule has 0 spiro atoms. The zero-order valence-electron chi connectivity index (χ0n) is 9.52. The molecular weight excluding hydrogens is 265 g/mol. The summed E-state index contributed by atoms with van der Waals surface area (Å²) in [5, 5.41) is 6.48. The molecule has 8 heteroatoms. The van der Waals surface area contributed by atoms with Gasteiger partial charge in [-0.25, -0.2) is 0 Å². The first-order chi connectivity index (χ1) is 8.45. The van der Waals surface area contributed by atoms with Crippen LogP contribution < -0.4 is 10.6 Å². The Kier molecular flexibility index (Phi) is 2.74. The van der Waals surface area contributed by atoms with E-state index >= 15 is 0 Å². The lowest BCUT2D eigenvalue weighted by Crippen LogP contribution is -2.47. The first kappa shape index (κ1) is 12.2. The maximum absolute atomic E-state index is 12.5. The summed E-state index contributed by atoms with van der Waals surface area (Å²) in [6.07, 6.45) is -0.769. The lowest BCUT2D eigenvalue weighted by atomic mass is 9.99. The van der Waals surface area contributed by atoms with Crippen molar-refractivity contribution in [3.8, 4) is 0 Å². The van der Waals surface area contributed by atoms with Gasteiger partial charge >= 0.3 is 6.18 Å². The highest BCUT2D eigenvalue weighted by Crippen LogP contribution is 2.42. The van der Waals surface area contributed by atoms with E-state index in [4.69, 9.17) is 5.73 Å². The minimum absolute atomic E-state index is 0.161. The van der Waals surface area contributed by atoms with E-state index in [0.717, 1.165) is 25.7 Å². The van der Waals surface area contributed by atoms with Crippen molar-refractivity contribution >= 4 is 16.5 Å². The normalized spacial score (nSPS) is 32.0. The Morgan fingerprint density at radius 2 is 1.78 bits per heavy atom. The summed E-state index contributed by atoms with van der Waals surface area (Å²) in [5.74, 6) is 0. The van der Waals surface area contributed by atoms with Crippen molar-refractivity contribution in [3.63, 3.8) is 0 Å². The second-order valence-corrected chi connectivity index (χ2v) is 5.87. The van der Waals surface area contributed by atoms with Crippen molar-refractivity contribution in [2.75, 3.05) is 4.90 Å². The molecule has 2 atom stereocenters. The van der Waals surface area contributed by atoms with Crippen LogP contribution in [0.15, 0.2) is 0 Å². The highest BCUT2D eigenvalue weighted by Gasteiger charge is 2.43. The lowest BCUT2D eigenvalue weighted by molar-refractivity contribution is -0.138. The molecule has 2 aliphatic heterocycles. The van der Waals surface area contributed by atoms with Crippen molar-refractivity contribution in [2.24, 2.45) is 5.73 Å². The number of alkyl halides is 3. The fraction of sp³-hybridized carbons (Fsp3) is 0.800. The molecule has 0 amide bonds. The second kappa shape index (κ2) is 4.06. The number of nitrogens with two attached hydrogens (primary N) is 1. The number of fused-ring (bicyclic) bond motifs is 2. The molecule has 18 heavy (non-hydrogen) atoms. The fourth-order valence-corrected chi connectivity index (χ4v) is 3.82. The van der Waals surface area contributed by atoms with Crippen LogP contribution in [-0.2, 0) is 6.18 Å². The zero-order chi connectivity index (χ0) is 12.9. The zero-order valence-corrected chi connectivity index (χ0v) is 10.3. The molecule has 1 aromatic heterocycles. The number of piperidine rings is 1. The van der Waals surface area contributed by atoms with Crippen molar-refractivity contribution < 1.29 is 13.2 Å². The summed E-state index contributed by atoms with van der Waals surface area (Å²) < 4.78 is 37.5. The molecular formula is C10H13F3N4S. The summed E-state index contributed by atoms with van der Waals surface area (Å²) in [4.78, 5) is 2.00. The van der Waals surface area contributed by atoms with E-state index in [9.17, 15) is 13.2 Å². The SMILES string of the molecule is NC1CC2CCC(C1)N2c1nnc(C(F)(F)F)s1. The van der Waals surface area contributed by atoms with Crippen LogP contribution >= 0.6 is 11.3 Å². The molecule has 2 bridgehead atoms. The first-order valence-electron chi connectivity index (χ1n) is 5.90. The Hall–Kier alpha value is -0.890. The van der Waals surface area contributed by atoms with Gasteiger partial charge in [-0.1, -0.05) is 11.3 Å². The number of rotatable bonds is 1. The van der Waals surface area contributed by atoms with E-state index in [1.165, 1.54) is 0 Å². The van der Waals surface area contributed by atoms with Gasteiger partial charge in [0, 0.05) is 18.1 Å². The molecule has 0 aliphatic carbocycles. The van der Waals surface area contributed by atoms with Gasteiger partial charge < -0.3 is 10.6 Å². The van der Waals surface area contributed by atoms with Gasteiger partial charge in [-0.05, 0) is 25.7 Å². The van der Waals surface area contributed by atoms with E-state index < -0.39 is 11.2 Å². The van der Waals surface area contributed by atoms with Gasteiger partial charge in [-0.2, -0.15) is 13.2 Å². The second-order valence-electron chi connectivity index (χ2n) is 4.91. The number of aromatic nitrogens is 2. The van der Waals surface area contributed by atoms with Crippen LogP contribution in [0, 0.1) is 0 Å². The molecule has 2 saturated heterocycles. The predicted octanol–water partition coefficient (Wildman–Crippen LogP) is 2.02. The minimum Gasteiger partial charge on any atom is -0.341 e. The maximum Gasteiger partial charge on any atom is 0.445 e. The monoisotopic (exact) mass is 278 g/mol. The number of hydrogen-bond acceptors (Lipinski definition) is 5. The molecule has 100 valence electrons. The summed E-state index contributed by atoms with van der Waals surface area (Å²) >= 11 is 0.633.